The number of carbonyl (C=O) groups excluding carboxylic acids is 1. The molecule has 0 saturated carbocycles. The molecule has 1 aromatic carbocycles. The van der Waals surface area contributed by atoms with Gasteiger partial charge in [-0.1, -0.05) is 6.07 Å². The number of nitriles is 1. The Kier molecular flexibility index (Phi) is 5.95. The molecule has 0 unspecified atom stereocenters. The number of morpholine rings is 1. The largest absolute Gasteiger partial charge is 0.370 e. The van der Waals surface area contributed by atoms with Crippen molar-refractivity contribution in [1.29, 1.82) is 5.26 Å². The predicted molar refractivity (Wildman–Crippen MR) is 115 cm³/mol. The van der Waals surface area contributed by atoms with Crippen LogP contribution in [-0.4, -0.2) is 84.9 Å². The molecule has 0 radical (unpaired) electrons. The van der Waals surface area contributed by atoms with Crippen LogP contribution in [0.3, 0.4) is 0 Å². The highest BCUT2D eigenvalue weighted by molar-refractivity contribution is 5.78. The van der Waals surface area contributed by atoms with Crippen LogP contribution in [0, 0.1) is 24.1 Å². The second kappa shape index (κ2) is 9.20. The summed E-state index contributed by atoms with van der Waals surface area (Å²) in [6.45, 7) is 4.71. The lowest BCUT2D eigenvalue weighted by Crippen LogP contribution is -2.59. The topological polar surface area (TPSA) is 126 Å². The number of hydrogen-bond donors (Lipinski definition) is 0. The molecular formula is C22H22FN9O2. The molecule has 0 spiro atoms. The van der Waals surface area contributed by atoms with Crippen molar-refractivity contribution in [2.45, 2.75) is 25.5 Å². The van der Waals surface area contributed by atoms with Gasteiger partial charge in [-0.25, -0.2) is 4.39 Å². The molecular weight excluding hydrogens is 441 g/mol. The van der Waals surface area contributed by atoms with Gasteiger partial charge in [-0.2, -0.15) is 15.0 Å². The molecule has 2 fully saturated rings. The average molecular weight is 463 g/mol. The van der Waals surface area contributed by atoms with Crippen LogP contribution in [0.2, 0.25) is 0 Å². The van der Waals surface area contributed by atoms with Crippen LogP contribution in [0.1, 0.15) is 28.5 Å². The molecule has 2 atom stereocenters. The smallest absolute Gasteiger partial charge is 0.228 e. The highest BCUT2D eigenvalue weighted by Crippen LogP contribution is 2.31. The minimum atomic E-state index is -0.515. The predicted octanol–water partition coefficient (Wildman–Crippen LogP) is 0.598. The van der Waals surface area contributed by atoms with E-state index in [1.807, 2.05) is 11.0 Å². The third-order valence-corrected chi connectivity index (χ3v) is 6.38. The van der Waals surface area contributed by atoms with Crippen molar-refractivity contribution in [3.63, 3.8) is 0 Å². The third kappa shape index (κ3) is 4.23. The van der Waals surface area contributed by atoms with Gasteiger partial charge in [-0.15, -0.1) is 10.2 Å². The Morgan fingerprint density at radius 1 is 1.24 bits per heavy atom. The van der Waals surface area contributed by atoms with Crippen molar-refractivity contribution in [2.24, 2.45) is 0 Å². The molecule has 0 N–H and O–H groups in total. The summed E-state index contributed by atoms with van der Waals surface area (Å²) in [5.41, 5.74) is 2.09. The van der Waals surface area contributed by atoms with Crippen LogP contribution >= 0.6 is 0 Å². The molecule has 174 valence electrons. The van der Waals surface area contributed by atoms with Gasteiger partial charge in [0.1, 0.15) is 18.2 Å². The van der Waals surface area contributed by atoms with E-state index in [9.17, 15) is 14.4 Å². The van der Waals surface area contributed by atoms with Gasteiger partial charge in [0.2, 0.25) is 5.91 Å². The van der Waals surface area contributed by atoms with Crippen LogP contribution in [0.4, 0.5) is 4.39 Å². The van der Waals surface area contributed by atoms with Gasteiger partial charge in [0, 0.05) is 26.2 Å². The highest BCUT2D eigenvalue weighted by atomic mass is 19.1. The quantitative estimate of drug-likeness (QED) is 0.547. The molecule has 3 aromatic rings. The van der Waals surface area contributed by atoms with E-state index >= 15 is 0 Å². The fourth-order valence-electron chi connectivity index (χ4n) is 4.48. The number of piperazine rings is 1. The van der Waals surface area contributed by atoms with Crippen molar-refractivity contribution in [3.05, 3.63) is 58.8 Å². The average Bonchev–Trinajstić information content (AvgIpc) is 3.39. The summed E-state index contributed by atoms with van der Waals surface area (Å²) in [5.74, 6) is -0.0550. The van der Waals surface area contributed by atoms with Crippen molar-refractivity contribution in [1.82, 2.24) is 40.2 Å². The van der Waals surface area contributed by atoms with Crippen LogP contribution < -0.4 is 0 Å². The van der Waals surface area contributed by atoms with E-state index in [1.165, 1.54) is 17.1 Å². The number of nitrogens with zero attached hydrogens (tertiary/aromatic N) is 9. The van der Waals surface area contributed by atoms with Gasteiger partial charge >= 0.3 is 0 Å². The fraction of sp³-hybridized carbons (Fsp3) is 0.409. The molecule has 5 rings (SSSR count). The second-order valence-electron chi connectivity index (χ2n) is 8.37. The molecule has 2 aromatic heterocycles. The first-order valence-electron chi connectivity index (χ1n) is 10.9. The molecule has 1 amide bonds. The lowest BCUT2D eigenvalue weighted by molar-refractivity contribution is -0.139. The van der Waals surface area contributed by atoms with Crippen LogP contribution in [0.15, 0.2) is 30.6 Å². The molecule has 12 heteroatoms. The van der Waals surface area contributed by atoms with E-state index in [2.05, 4.69) is 30.6 Å². The van der Waals surface area contributed by atoms with E-state index < -0.39 is 5.82 Å². The summed E-state index contributed by atoms with van der Waals surface area (Å²) in [6, 6.07) is 8.50. The van der Waals surface area contributed by atoms with Crippen LogP contribution in [0.5, 0.6) is 0 Å². The first kappa shape index (κ1) is 22.0. The van der Waals surface area contributed by atoms with Gasteiger partial charge in [0.15, 0.2) is 5.82 Å². The summed E-state index contributed by atoms with van der Waals surface area (Å²) in [4.78, 5) is 17.0. The minimum Gasteiger partial charge on any atom is -0.370 e. The lowest BCUT2D eigenvalue weighted by Gasteiger charge is -2.46. The Morgan fingerprint density at radius 2 is 2.12 bits per heavy atom. The second-order valence-corrected chi connectivity index (χ2v) is 8.37. The van der Waals surface area contributed by atoms with Crippen molar-refractivity contribution in [2.75, 3.05) is 32.8 Å². The Balaban J connectivity index is 1.19. The summed E-state index contributed by atoms with van der Waals surface area (Å²) >= 11 is 0. The summed E-state index contributed by atoms with van der Waals surface area (Å²) < 4.78 is 21.4. The zero-order chi connectivity index (χ0) is 23.7. The lowest BCUT2D eigenvalue weighted by atomic mass is 9.96. The first-order chi connectivity index (χ1) is 16.5. The van der Waals surface area contributed by atoms with E-state index in [1.54, 1.807) is 25.1 Å². The standard InChI is InChI=1S/C22H22FN9O2/c1-14-17(3-4-19(23)18(14)9-24)20-11-30-6-7-31(10-16(30)12-34-20)22(33)8-15-2-5-21(27-26-15)32-13-25-28-29-32/h2-5,13,16,20H,6-8,10-12H2,1H3/t16-,20+/m1/s1. The van der Waals surface area contributed by atoms with Crippen LogP contribution in [0.25, 0.3) is 5.82 Å². The Bertz CT molecular complexity index is 1230. The Labute approximate surface area is 194 Å². The van der Waals surface area contributed by atoms with Gasteiger partial charge in [0.05, 0.1) is 36.4 Å². The number of benzene rings is 1. The number of hydrogen-bond acceptors (Lipinski definition) is 9. The maximum atomic E-state index is 13.9. The molecule has 0 bridgehead atoms. The third-order valence-electron chi connectivity index (χ3n) is 6.38. The van der Waals surface area contributed by atoms with Gasteiger partial charge in [-0.05, 0) is 46.7 Å². The maximum Gasteiger partial charge on any atom is 0.228 e. The number of fused-ring (bicyclic) bond motifs is 1. The SMILES string of the molecule is Cc1c([C@@H]2CN3CCN(C(=O)Cc4ccc(-n5cnnn5)nn4)C[C@@H]3CO2)ccc(F)c1C#N. The van der Waals surface area contributed by atoms with E-state index in [-0.39, 0.29) is 30.0 Å². The molecule has 11 nitrogen and oxygen atoms in total. The number of tetrazole rings is 1. The maximum absolute atomic E-state index is 13.9. The number of rotatable bonds is 4. The number of carbonyl (C=O) groups is 1. The number of halogens is 1. The normalized spacial score (nSPS) is 20.6. The zero-order valence-corrected chi connectivity index (χ0v) is 18.5. The number of ether oxygens (including phenoxy) is 1. The van der Waals surface area contributed by atoms with Crippen LogP contribution in [-0.2, 0) is 16.0 Å². The van der Waals surface area contributed by atoms with Crippen molar-refractivity contribution >= 4 is 5.91 Å². The monoisotopic (exact) mass is 463 g/mol. The number of aromatic nitrogens is 6. The van der Waals surface area contributed by atoms with Gasteiger partial charge in [0.25, 0.3) is 0 Å². The molecule has 34 heavy (non-hydrogen) atoms. The zero-order valence-electron chi connectivity index (χ0n) is 18.5. The van der Waals surface area contributed by atoms with E-state index in [4.69, 9.17) is 4.74 Å². The highest BCUT2D eigenvalue weighted by Gasteiger charge is 2.36. The number of amides is 1. The first-order valence-corrected chi connectivity index (χ1v) is 10.9. The Hall–Kier alpha value is -3.82. The van der Waals surface area contributed by atoms with E-state index in [0.29, 0.717) is 49.9 Å². The minimum absolute atomic E-state index is 0.0145. The fourth-order valence-corrected chi connectivity index (χ4v) is 4.48. The Morgan fingerprint density at radius 3 is 2.85 bits per heavy atom. The molecule has 0 aliphatic carbocycles. The van der Waals surface area contributed by atoms with Gasteiger partial charge < -0.3 is 9.64 Å². The molecule has 2 saturated heterocycles. The summed E-state index contributed by atoms with van der Waals surface area (Å²) in [7, 11) is 0. The molecule has 2 aliphatic heterocycles. The van der Waals surface area contributed by atoms with E-state index in [0.717, 1.165) is 5.56 Å². The molecule has 4 heterocycles. The summed E-state index contributed by atoms with van der Waals surface area (Å²) in [5, 5.41) is 28.3. The van der Waals surface area contributed by atoms with Crippen molar-refractivity contribution in [3.8, 4) is 11.9 Å². The summed E-state index contributed by atoms with van der Waals surface area (Å²) in [6.07, 6.45) is 1.34. The molecule has 2 aliphatic rings. The van der Waals surface area contributed by atoms with Gasteiger partial charge in [-0.3, -0.25) is 9.69 Å². The van der Waals surface area contributed by atoms with Crippen molar-refractivity contribution < 1.29 is 13.9 Å².